The Balaban J connectivity index is 1.96. The summed E-state index contributed by atoms with van der Waals surface area (Å²) in [5, 5.41) is 17.9. The highest BCUT2D eigenvalue weighted by Crippen LogP contribution is 2.25. The highest BCUT2D eigenvalue weighted by Gasteiger charge is 2.37. The van der Waals surface area contributed by atoms with Crippen LogP contribution in [-0.2, 0) is 12.8 Å². The van der Waals surface area contributed by atoms with Crippen molar-refractivity contribution in [2.75, 3.05) is 0 Å². The SMILES string of the molecule is O[C@H](CCCCCCCCCc1ccc(CCCCCCCCC[C@H](O)C(F)(F)F)cc1)C(F)(F)F. The van der Waals surface area contributed by atoms with Gasteiger partial charge in [-0.1, -0.05) is 101 Å². The van der Waals surface area contributed by atoms with Crippen LogP contribution in [0.1, 0.15) is 114 Å². The van der Waals surface area contributed by atoms with Crippen molar-refractivity contribution in [1.82, 2.24) is 0 Å². The Kier molecular flexibility index (Phi) is 16.4. The molecule has 0 spiro atoms. The second-order valence-corrected chi connectivity index (χ2v) is 9.96. The van der Waals surface area contributed by atoms with Gasteiger partial charge in [-0.25, -0.2) is 0 Å². The number of aryl methyl sites for hydroxylation is 2. The number of benzene rings is 1. The van der Waals surface area contributed by atoms with Crippen molar-refractivity contribution in [3.05, 3.63) is 35.4 Å². The first kappa shape index (κ1) is 32.7. The minimum absolute atomic E-state index is 0.205. The van der Waals surface area contributed by atoms with Crippen LogP contribution < -0.4 is 0 Å². The third-order valence-corrected chi connectivity index (χ3v) is 6.66. The zero-order chi connectivity index (χ0) is 26.9. The van der Waals surface area contributed by atoms with E-state index in [0.29, 0.717) is 12.8 Å². The lowest BCUT2D eigenvalue weighted by atomic mass is 10.0. The molecule has 0 amide bonds. The molecule has 0 fully saturated rings. The number of aliphatic hydroxyl groups is 2. The first-order valence-electron chi connectivity index (χ1n) is 13.6. The number of alkyl halides is 6. The minimum Gasteiger partial charge on any atom is -0.384 e. The lowest BCUT2D eigenvalue weighted by molar-refractivity contribution is -0.206. The number of aliphatic hydroxyl groups excluding tert-OH is 2. The van der Waals surface area contributed by atoms with Crippen LogP contribution in [0.2, 0.25) is 0 Å². The summed E-state index contributed by atoms with van der Waals surface area (Å²) < 4.78 is 73.3. The lowest BCUT2D eigenvalue weighted by Crippen LogP contribution is -2.28. The summed E-state index contributed by atoms with van der Waals surface area (Å²) >= 11 is 0. The van der Waals surface area contributed by atoms with Gasteiger partial charge in [-0.05, 0) is 49.7 Å². The average Bonchev–Trinajstić information content (AvgIpc) is 2.81. The molecule has 0 radical (unpaired) electrons. The van der Waals surface area contributed by atoms with Crippen LogP contribution in [0, 0.1) is 0 Å². The molecule has 8 heteroatoms. The summed E-state index contributed by atoms with van der Waals surface area (Å²) in [5.41, 5.74) is 2.63. The van der Waals surface area contributed by atoms with E-state index in [1.807, 2.05) is 0 Å². The van der Waals surface area contributed by atoms with Gasteiger partial charge in [0.05, 0.1) is 0 Å². The van der Waals surface area contributed by atoms with E-state index >= 15 is 0 Å². The van der Waals surface area contributed by atoms with Crippen LogP contribution in [0.25, 0.3) is 0 Å². The van der Waals surface area contributed by atoms with Crippen molar-refractivity contribution in [1.29, 1.82) is 0 Å². The van der Waals surface area contributed by atoms with Gasteiger partial charge in [-0.15, -0.1) is 0 Å². The van der Waals surface area contributed by atoms with E-state index in [2.05, 4.69) is 24.3 Å². The van der Waals surface area contributed by atoms with E-state index in [-0.39, 0.29) is 12.8 Å². The van der Waals surface area contributed by atoms with E-state index in [0.717, 1.165) is 89.9 Å². The zero-order valence-electron chi connectivity index (χ0n) is 21.4. The molecule has 0 aromatic heterocycles. The molecule has 0 unspecified atom stereocenters. The van der Waals surface area contributed by atoms with Gasteiger partial charge < -0.3 is 10.2 Å². The summed E-state index contributed by atoms with van der Waals surface area (Å²) in [6.45, 7) is 0. The number of rotatable bonds is 20. The molecular weight excluding hydrogens is 482 g/mol. The molecule has 36 heavy (non-hydrogen) atoms. The zero-order valence-corrected chi connectivity index (χ0v) is 21.4. The Morgan fingerprint density at radius 3 is 0.972 bits per heavy atom. The van der Waals surface area contributed by atoms with E-state index < -0.39 is 24.6 Å². The highest BCUT2D eigenvalue weighted by atomic mass is 19.4. The van der Waals surface area contributed by atoms with Gasteiger partial charge in [-0.2, -0.15) is 26.3 Å². The van der Waals surface area contributed by atoms with Crippen LogP contribution in [0.5, 0.6) is 0 Å². The van der Waals surface area contributed by atoms with Gasteiger partial charge in [0.25, 0.3) is 0 Å². The van der Waals surface area contributed by atoms with Gasteiger partial charge in [0.2, 0.25) is 0 Å². The molecule has 2 N–H and O–H groups in total. The summed E-state index contributed by atoms with van der Waals surface area (Å²) in [6, 6.07) is 8.71. The smallest absolute Gasteiger partial charge is 0.384 e. The molecule has 0 heterocycles. The lowest BCUT2D eigenvalue weighted by Gasteiger charge is -2.13. The Labute approximate surface area is 212 Å². The topological polar surface area (TPSA) is 40.5 Å². The van der Waals surface area contributed by atoms with Gasteiger partial charge >= 0.3 is 12.4 Å². The van der Waals surface area contributed by atoms with Gasteiger partial charge in [-0.3, -0.25) is 0 Å². The number of hydrogen-bond donors (Lipinski definition) is 2. The van der Waals surface area contributed by atoms with Crippen molar-refractivity contribution < 1.29 is 36.6 Å². The number of hydrogen-bond acceptors (Lipinski definition) is 2. The summed E-state index contributed by atoms with van der Waals surface area (Å²) in [4.78, 5) is 0. The molecule has 2 nitrogen and oxygen atoms in total. The predicted octanol–water partition coefficient (Wildman–Crippen LogP) is 8.86. The third kappa shape index (κ3) is 16.5. The van der Waals surface area contributed by atoms with Crippen LogP contribution in [0.3, 0.4) is 0 Å². The molecule has 1 aromatic carbocycles. The van der Waals surface area contributed by atoms with E-state index in [9.17, 15) is 26.3 Å². The maximum absolute atomic E-state index is 12.2. The second kappa shape index (κ2) is 18.1. The maximum Gasteiger partial charge on any atom is 0.414 e. The van der Waals surface area contributed by atoms with Crippen LogP contribution in [-0.4, -0.2) is 34.8 Å². The fraction of sp³-hybridized carbons (Fsp3) is 0.786. The fourth-order valence-corrected chi connectivity index (χ4v) is 4.30. The molecule has 0 aliphatic rings. The summed E-state index contributed by atoms with van der Waals surface area (Å²) in [6.07, 6.45) is 0.953. The maximum atomic E-state index is 12.2. The summed E-state index contributed by atoms with van der Waals surface area (Å²) in [7, 11) is 0. The summed E-state index contributed by atoms with van der Waals surface area (Å²) in [5.74, 6) is 0. The van der Waals surface area contributed by atoms with E-state index in [1.165, 1.54) is 11.1 Å². The molecule has 0 aliphatic carbocycles. The number of unbranched alkanes of at least 4 members (excludes halogenated alkanes) is 12. The first-order valence-corrected chi connectivity index (χ1v) is 13.6. The molecule has 1 rings (SSSR count). The Hall–Kier alpha value is -1.28. The van der Waals surface area contributed by atoms with Gasteiger partial charge in [0, 0.05) is 0 Å². The minimum atomic E-state index is -4.50. The molecule has 1 aromatic rings. The third-order valence-electron chi connectivity index (χ3n) is 6.66. The molecule has 0 saturated heterocycles. The van der Waals surface area contributed by atoms with Crippen molar-refractivity contribution >= 4 is 0 Å². The molecule has 0 saturated carbocycles. The molecule has 0 aliphatic heterocycles. The Bertz CT molecular complexity index is 600. The van der Waals surface area contributed by atoms with Crippen LogP contribution in [0.15, 0.2) is 24.3 Å². The molecule has 2 atom stereocenters. The average molecular weight is 527 g/mol. The highest BCUT2D eigenvalue weighted by molar-refractivity contribution is 5.22. The van der Waals surface area contributed by atoms with Gasteiger partial charge in [0.15, 0.2) is 0 Å². The standard InChI is InChI=1S/C28H44F6O2/c29-27(30,31)25(35)17-13-9-5-1-3-7-11-15-23-19-21-24(22-20-23)16-12-8-4-2-6-10-14-18-26(36)28(32,33)34/h19-22,25-26,35-36H,1-18H2/t25-,26+. The van der Waals surface area contributed by atoms with Crippen LogP contribution in [0.4, 0.5) is 26.3 Å². The predicted molar refractivity (Wildman–Crippen MR) is 132 cm³/mol. The van der Waals surface area contributed by atoms with E-state index in [1.54, 1.807) is 0 Å². The van der Waals surface area contributed by atoms with Crippen molar-refractivity contribution in [3.8, 4) is 0 Å². The van der Waals surface area contributed by atoms with E-state index in [4.69, 9.17) is 10.2 Å². The monoisotopic (exact) mass is 526 g/mol. The van der Waals surface area contributed by atoms with Crippen molar-refractivity contribution in [3.63, 3.8) is 0 Å². The van der Waals surface area contributed by atoms with Crippen molar-refractivity contribution in [2.45, 2.75) is 140 Å². The van der Waals surface area contributed by atoms with Crippen molar-refractivity contribution in [2.24, 2.45) is 0 Å². The largest absolute Gasteiger partial charge is 0.414 e. The molecule has 210 valence electrons. The second-order valence-electron chi connectivity index (χ2n) is 9.96. The Morgan fingerprint density at radius 2 is 0.694 bits per heavy atom. The quantitative estimate of drug-likeness (QED) is 0.132. The normalized spacial score (nSPS) is 14.2. The molecule has 0 bridgehead atoms. The fourth-order valence-electron chi connectivity index (χ4n) is 4.30. The van der Waals surface area contributed by atoms with Gasteiger partial charge in [0.1, 0.15) is 12.2 Å². The number of halogens is 6. The first-order chi connectivity index (χ1) is 17.0. The Morgan fingerprint density at radius 1 is 0.444 bits per heavy atom. The van der Waals surface area contributed by atoms with Crippen LogP contribution >= 0.6 is 0 Å². The molecular formula is C28H44F6O2.